The normalized spacial score (nSPS) is 11.8. The van der Waals surface area contributed by atoms with Crippen molar-refractivity contribution < 1.29 is 5.11 Å². The maximum atomic E-state index is 8.43. The Kier molecular flexibility index (Phi) is 9.95. The van der Waals surface area contributed by atoms with Crippen molar-refractivity contribution in [1.82, 2.24) is 0 Å². The Morgan fingerprint density at radius 1 is 1.00 bits per heavy atom. The maximum Gasteiger partial charge on any atom is 0.0612 e. The lowest BCUT2D eigenvalue weighted by Gasteiger charge is -1.90. The molecule has 0 aliphatic heterocycles. The summed E-state index contributed by atoms with van der Waals surface area (Å²) < 4.78 is 0. The summed E-state index contributed by atoms with van der Waals surface area (Å²) in [5, 5.41) is 8.43. The van der Waals surface area contributed by atoms with Gasteiger partial charge in [-0.3, -0.25) is 0 Å². The van der Waals surface area contributed by atoms with Crippen molar-refractivity contribution in [3.05, 3.63) is 24.3 Å². The minimum Gasteiger partial charge on any atom is -0.392 e. The van der Waals surface area contributed by atoms with Crippen LogP contribution in [0.4, 0.5) is 0 Å². The summed E-state index contributed by atoms with van der Waals surface area (Å²) in [4.78, 5) is 0. The number of rotatable bonds is 7. The van der Waals surface area contributed by atoms with Gasteiger partial charge < -0.3 is 5.11 Å². The summed E-state index contributed by atoms with van der Waals surface area (Å²) in [6.07, 6.45) is 14.2. The number of allylic oxidation sites excluding steroid dienone is 3. The molecular weight excluding hydrogens is 148 g/mol. The average Bonchev–Trinajstić information content (AvgIpc) is 2.10. The van der Waals surface area contributed by atoms with Crippen LogP contribution in [0, 0.1) is 0 Å². The molecule has 1 heteroatoms. The largest absolute Gasteiger partial charge is 0.392 e. The van der Waals surface area contributed by atoms with Gasteiger partial charge in [-0.1, -0.05) is 44.1 Å². The predicted octanol–water partition coefficient (Wildman–Crippen LogP) is 3.06. The summed E-state index contributed by atoms with van der Waals surface area (Å²) in [6, 6.07) is 0. The van der Waals surface area contributed by atoms with Crippen LogP contribution < -0.4 is 0 Å². The fourth-order valence-electron chi connectivity index (χ4n) is 0.976. The Balaban J connectivity index is 3.08. The average molecular weight is 168 g/mol. The first kappa shape index (κ1) is 11.4. The second-order valence-electron chi connectivity index (χ2n) is 2.86. The molecule has 0 atom stereocenters. The van der Waals surface area contributed by atoms with Crippen molar-refractivity contribution in [1.29, 1.82) is 0 Å². The summed E-state index contributed by atoms with van der Waals surface area (Å²) in [6.45, 7) is 2.37. The van der Waals surface area contributed by atoms with Gasteiger partial charge in [0.05, 0.1) is 6.61 Å². The first-order valence-corrected chi connectivity index (χ1v) is 4.82. The molecule has 0 spiro atoms. The Bertz CT molecular complexity index is 125. The van der Waals surface area contributed by atoms with Gasteiger partial charge >= 0.3 is 0 Å². The summed E-state index contributed by atoms with van der Waals surface area (Å²) in [5.74, 6) is 0. The zero-order valence-electron chi connectivity index (χ0n) is 8.00. The lowest BCUT2D eigenvalue weighted by molar-refractivity contribution is 0.342. The van der Waals surface area contributed by atoms with Gasteiger partial charge in [-0.2, -0.15) is 0 Å². The van der Waals surface area contributed by atoms with Gasteiger partial charge in [0, 0.05) is 0 Å². The highest BCUT2D eigenvalue weighted by Crippen LogP contribution is 2.00. The Hall–Kier alpha value is -0.560. The van der Waals surface area contributed by atoms with Crippen molar-refractivity contribution in [2.45, 2.75) is 39.0 Å². The number of aliphatic hydroxyl groups excluding tert-OH is 1. The van der Waals surface area contributed by atoms with E-state index in [9.17, 15) is 0 Å². The quantitative estimate of drug-likeness (QED) is 0.457. The molecular formula is C11H20O. The minimum atomic E-state index is 0.156. The van der Waals surface area contributed by atoms with E-state index in [1.165, 1.54) is 25.7 Å². The second-order valence-corrected chi connectivity index (χ2v) is 2.86. The summed E-state index contributed by atoms with van der Waals surface area (Å²) >= 11 is 0. The van der Waals surface area contributed by atoms with Crippen LogP contribution in [0.5, 0.6) is 0 Å². The van der Waals surface area contributed by atoms with Crippen molar-refractivity contribution in [3.8, 4) is 0 Å². The van der Waals surface area contributed by atoms with Crippen molar-refractivity contribution in [2.24, 2.45) is 0 Å². The van der Waals surface area contributed by atoms with E-state index in [1.54, 1.807) is 6.08 Å². The maximum absolute atomic E-state index is 8.43. The van der Waals surface area contributed by atoms with E-state index in [4.69, 9.17) is 5.11 Å². The molecule has 0 aromatic carbocycles. The van der Waals surface area contributed by atoms with Crippen molar-refractivity contribution in [2.75, 3.05) is 6.61 Å². The lowest BCUT2D eigenvalue weighted by atomic mass is 10.2. The molecule has 0 aliphatic carbocycles. The van der Waals surface area contributed by atoms with Gasteiger partial charge in [0.15, 0.2) is 0 Å². The highest BCUT2D eigenvalue weighted by Gasteiger charge is 1.80. The van der Waals surface area contributed by atoms with Crippen LogP contribution in [0.3, 0.4) is 0 Å². The molecule has 0 bridgehead atoms. The van der Waals surface area contributed by atoms with E-state index in [2.05, 4.69) is 19.1 Å². The first-order chi connectivity index (χ1) is 5.91. The molecule has 0 unspecified atom stereocenters. The van der Waals surface area contributed by atoms with E-state index >= 15 is 0 Å². The SMILES string of the molecule is CCCCCC=CC/C=C\CO. The zero-order chi connectivity index (χ0) is 9.07. The summed E-state index contributed by atoms with van der Waals surface area (Å²) in [7, 11) is 0. The molecule has 0 aromatic rings. The minimum absolute atomic E-state index is 0.156. The highest BCUT2D eigenvalue weighted by molar-refractivity contribution is 4.92. The Morgan fingerprint density at radius 2 is 1.75 bits per heavy atom. The van der Waals surface area contributed by atoms with Crippen molar-refractivity contribution >= 4 is 0 Å². The van der Waals surface area contributed by atoms with Crippen LogP contribution in [-0.2, 0) is 0 Å². The molecule has 0 heterocycles. The number of hydrogen-bond donors (Lipinski definition) is 1. The van der Waals surface area contributed by atoms with E-state index in [-0.39, 0.29) is 6.61 Å². The third kappa shape index (κ3) is 9.44. The third-order valence-electron chi connectivity index (χ3n) is 1.69. The second kappa shape index (κ2) is 10.4. The van der Waals surface area contributed by atoms with E-state index in [1.807, 2.05) is 6.08 Å². The molecule has 0 aromatic heterocycles. The number of unbranched alkanes of at least 4 members (excludes halogenated alkanes) is 3. The Labute approximate surface area is 75.8 Å². The molecule has 12 heavy (non-hydrogen) atoms. The van der Waals surface area contributed by atoms with Gasteiger partial charge in [0.25, 0.3) is 0 Å². The van der Waals surface area contributed by atoms with Crippen LogP contribution in [-0.4, -0.2) is 11.7 Å². The predicted molar refractivity (Wildman–Crippen MR) is 54.1 cm³/mol. The van der Waals surface area contributed by atoms with Gasteiger partial charge in [-0.05, 0) is 19.3 Å². The molecule has 1 N–H and O–H groups in total. The van der Waals surface area contributed by atoms with Gasteiger partial charge in [0.1, 0.15) is 0 Å². The zero-order valence-corrected chi connectivity index (χ0v) is 8.00. The van der Waals surface area contributed by atoms with Crippen LogP contribution >= 0.6 is 0 Å². The smallest absolute Gasteiger partial charge is 0.0612 e. The molecule has 0 radical (unpaired) electrons. The highest BCUT2D eigenvalue weighted by atomic mass is 16.2. The van der Waals surface area contributed by atoms with E-state index < -0.39 is 0 Å². The number of aliphatic hydroxyl groups is 1. The van der Waals surface area contributed by atoms with Gasteiger partial charge in [-0.25, -0.2) is 0 Å². The third-order valence-corrected chi connectivity index (χ3v) is 1.69. The molecule has 0 fully saturated rings. The van der Waals surface area contributed by atoms with Crippen LogP contribution in [0.2, 0.25) is 0 Å². The fraction of sp³-hybridized carbons (Fsp3) is 0.636. The monoisotopic (exact) mass is 168 g/mol. The standard InChI is InChI=1S/C11H20O/c1-2-3-4-5-6-7-8-9-10-11-12/h6-7,9-10,12H,2-5,8,11H2,1H3/b7-6?,10-9-. The Morgan fingerprint density at radius 3 is 2.42 bits per heavy atom. The van der Waals surface area contributed by atoms with Crippen LogP contribution in [0.1, 0.15) is 39.0 Å². The molecule has 0 rings (SSSR count). The molecule has 70 valence electrons. The van der Waals surface area contributed by atoms with Gasteiger partial charge in [-0.15, -0.1) is 0 Å². The molecule has 1 nitrogen and oxygen atoms in total. The van der Waals surface area contributed by atoms with E-state index in [0.717, 1.165) is 6.42 Å². The van der Waals surface area contributed by atoms with E-state index in [0.29, 0.717) is 0 Å². The summed E-state index contributed by atoms with van der Waals surface area (Å²) in [5.41, 5.74) is 0. The van der Waals surface area contributed by atoms with Crippen LogP contribution in [0.25, 0.3) is 0 Å². The molecule has 0 saturated heterocycles. The number of hydrogen-bond acceptors (Lipinski definition) is 1. The topological polar surface area (TPSA) is 20.2 Å². The van der Waals surface area contributed by atoms with Crippen LogP contribution in [0.15, 0.2) is 24.3 Å². The molecule has 0 saturated carbocycles. The first-order valence-electron chi connectivity index (χ1n) is 4.82. The molecule has 0 amide bonds. The molecule has 0 aliphatic rings. The lowest BCUT2D eigenvalue weighted by Crippen LogP contribution is -1.71. The fourth-order valence-corrected chi connectivity index (χ4v) is 0.976. The van der Waals surface area contributed by atoms with Gasteiger partial charge in [0.2, 0.25) is 0 Å². The van der Waals surface area contributed by atoms with Crippen molar-refractivity contribution in [3.63, 3.8) is 0 Å².